The fourth-order valence-corrected chi connectivity index (χ4v) is 2.08. The zero-order valence-electron chi connectivity index (χ0n) is 10.2. The van der Waals surface area contributed by atoms with Crippen molar-refractivity contribution in [3.05, 3.63) is 24.3 Å². The van der Waals surface area contributed by atoms with Crippen LogP contribution < -0.4 is 10.2 Å². The van der Waals surface area contributed by atoms with Crippen molar-refractivity contribution in [1.29, 1.82) is 0 Å². The Balaban J connectivity index is 2.10. The third-order valence-electron chi connectivity index (χ3n) is 3.01. The molecule has 1 fully saturated rings. The molecule has 18 heavy (non-hydrogen) atoms. The van der Waals surface area contributed by atoms with Gasteiger partial charge in [0.1, 0.15) is 5.75 Å². The Morgan fingerprint density at radius 2 is 2.11 bits per heavy atom. The summed E-state index contributed by atoms with van der Waals surface area (Å²) in [7, 11) is 0. The predicted molar refractivity (Wildman–Crippen MR) is 67.3 cm³/mol. The molecule has 1 aliphatic heterocycles. The Hall–Kier alpha value is -2.04. The van der Waals surface area contributed by atoms with Crippen molar-refractivity contribution in [2.75, 3.05) is 18.0 Å². The van der Waals surface area contributed by atoms with Crippen molar-refractivity contribution in [1.82, 2.24) is 5.32 Å². The van der Waals surface area contributed by atoms with Crippen molar-refractivity contribution < 1.29 is 14.7 Å². The van der Waals surface area contributed by atoms with Crippen LogP contribution in [0.3, 0.4) is 0 Å². The Kier molecular flexibility index (Phi) is 3.50. The number of benzene rings is 1. The summed E-state index contributed by atoms with van der Waals surface area (Å²) < 4.78 is 0. The largest absolute Gasteiger partial charge is 0.508 e. The molecule has 0 saturated carbocycles. The molecule has 1 aromatic carbocycles. The molecule has 1 aromatic rings. The van der Waals surface area contributed by atoms with E-state index in [0.717, 1.165) is 0 Å². The van der Waals surface area contributed by atoms with E-state index in [1.165, 1.54) is 12.1 Å². The summed E-state index contributed by atoms with van der Waals surface area (Å²) in [5.74, 6) is -0.263. The third kappa shape index (κ3) is 2.45. The van der Waals surface area contributed by atoms with Crippen molar-refractivity contribution in [2.45, 2.75) is 13.3 Å². The maximum Gasteiger partial charge on any atom is 0.227 e. The number of carbonyl (C=O) groups is 2. The monoisotopic (exact) mass is 248 g/mol. The lowest BCUT2D eigenvalue weighted by Gasteiger charge is -2.16. The van der Waals surface area contributed by atoms with E-state index in [2.05, 4.69) is 5.32 Å². The SMILES string of the molecule is CCNC(=O)[C@H]1CC(=O)N(c2ccc(O)cc2)C1. The lowest BCUT2D eigenvalue weighted by Crippen LogP contribution is -2.32. The van der Waals surface area contributed by atoms with E-state index in [4.69, 9.17) is 0 Å². The molecule has 0 radical (unpaired) electrons. The minimum Gasteiger partial charge on any atom is -0.508 e. The first kappa shape index (κ1) is 12.4. The zero-order chi connectivity index (χ0) is 13.1. The van der Waals surface area contributed by atoms with Crippen LogP contribution in [0.5, 0.6) is 5.75 Å². The maximum atomic E-state index is 11.9. The molecule has 96 valence electrons. The van der Waals surface area contributed by atoms with Crippen molar-refractivity contribution in [3.8, 4) is 5.75 Å². The summed E-state index contributed by atoms with van der Waals surface area (Å²) in [6.07, 6.45) is 0.243. The number of carbonyl (C=O) groups excluding carboxylic acids is 2. The first-order chi connectivity index (χ1) is 8.61. The van der Waals surface area contributed by atoms with Gasteiger partial charge in [-0.25, -0.2) is 0 Å². The Morgan fingerprint density at radius 1 is 1.44 bits per heavy atom. The van der Waals surface area contributed by atoms with E-state index >= 15 is 0 Å². The predicted octanol–water partition coefficient (Wildman–Crippen LogP) is 0.881. The molecule has 2 rings (SSSR count). The fraction of sp³-hybridized carbons (Fsp3) is 0.385. The van der Waals surface area contributed by atoms with Gasteiger partial charge >= 0.3 is 0 Å². The van der Waals surface area contributed by atoms with Gasteiger partial charge in [0.2, 0.25) is 11.8 Å². The molecule has 1 heterocycles. The summed E-state index contributed by atoms with van der Waals surface area (Å²) in [5.41, 5.74) is 0.713. The maximum absolute atomic E-state index is 11.9. The molecule has 0 aromatic heterocycles. The molecule has 5 heteroatoms. The first-order valence-electron chi connectivity index (χ1n) is 5.99. The molecule has 2 amide bonds. The number of nitrogens with zero attached hydrogens (tertiary/aromatic N) is 1. The number of amides is 2. The lowest BCUT2D eigenvalue weighted by molar-refractivity contribution is -0.126. The summed E-state index contributed by atoms with van der Waals surface area (Å²) in [4.78, 5) is 25.1. The van der Waals surface area contributed by atoms with Gasteiger partial charge in [-0.2, -0.15) is 0 Å². The Morgan fingerprint density at radius 3 is 2.72 bits per heavy atom. The molecule has 0 unspecified atom stereocenters. The average Bonchev–Trinajstić information content (AvgIpc) is 2.73. The molecule has 1 atom stereocenters. The van der Waals surface area contributed by atoms with Gasteiger partial charge in [0.25, 0.3) is 0 Å². The fourth-order valence-electron chi connectivity index (χ4n) is 2.08. The van der Waals surface area contributed by atoms with Gasteiger partial charge in [0.15, 0.2) is 0 Å². The molecular weight excluding hydrogens is 232 g/mol. The number of phenols is 1. The van der Waals surface area contributed by atoms with Crippen LogP contribution in [0.4, 0.5) is 5.69 Å². The van der Waals surface area contributed by atoms with Crippen LogP contribution in [0.25, 0.3) is 0 Å². The Labute approximate surface area is 105 Å². The van der Waals surface area contributed by atoms with E-state index in [9.17, 15) is 14.7 Å². The molecule has 0 spiro atoms. The number of hydrogen-bond donors (Lipinski definition) is 2. The summed E-state index contributed by atoms with van der Waals surface area (Å²) in [5, 5.41) is 11.9. The zero-order valence-corrected chi connectivity index (χ0v) is 10.2. The number of anilines is 1. The minimum absolute atomic E-state index is 0.0584. The van der Waals surface area contributed by atoms with Crippen LogP contribution in [0.15, 0.2) is 24.3 Å². The van der Waals surface area contributed by atoms with Crippen LogP contribution in [-0.4, -0.2) is 30.0 Å². The number of hydrogen-bond acceptors (Lipinski definition) is 3. The van der Waals surface area contributed by atoms with Crippen molar-refractivity contribution in [2.24, 2.45) is 5.92 Å². The summed E-state index contributed by atoms with van der Waals surface area (Å²) >= 11 is 0. The van der Waals surface area contributed by atoms with Gasteiger partial charge in [-0.1, -0.05) is 0 Å². The normalized spacial score (nSPS) is 19.1. The smallest absolute Gasteiger partial charge is 0.227 e. The minimum atomic E-state index is -0.286. The highest BCUT2D eigenvalue weighted by atomic mass is 16.3. The van der Waals surface area contributed by atoms with Crippen LogP contribution in [0.1, 0.15) is 13.3 Å². The second kappa shape index (κ2) is 5.08. The van der Waals surface area contributed by atoms with Gasteiger partial charge in [-0.05, 0) is 31.2 Å². The second-order valence-corrected chi connectivity index (χ2v) is 4.32. The van der Waals surface area contributed by atoms with Gasteiger partial charge in [0.05, 0.1) is 5.92 Å². The second-order valence-electron chi connectivity index (χ2n) is 4.32. The molecule has 1 saturated heterocycles. The molecule has 1 aliphatic rings. The average molecular weight is 248 g/mol. The Bertz CT molecular complexity index is 456. The van der Waals surface area contributed by atoms with Crippen LogP contribution in [0.2, 0.25) is 0 Å². The van der Waals surface area contributed by atoms with Crippen LogP contribution >= 0.6 is 0 Å². The van der Waals surface area contributed by atoms with E-state index in [-0.39, 0.29) is 29.9 Å². The van der Waals surface area contributed by atoms with Gasteiger partial charge in [0, 0.05) is 25.2 Å². The van der Waals surface area contributed by atoms with Crippen molar-refractivity contribution >= 4 is 17.5 Å². The van der Waals surface area contributed by atoms with E-state index in [1.54, 1.807) is 17.0 Å². The third-order valence-corrected chi connectivity index (χ3v) is 3.01. The first-order valence-corrected chi connectivity index (χ1v) is 5.99. The van der Waals surface area contributed by atoms with Gasteiger partial charge < -0.3 is 15.3 Å². The molecular formula is C13H16N2O3. The number of rotatable bonds is 3. The molecule has 5 nitrogen and oxygen atoms in total. The van der Waals surface area contributed by atoms with E-state index in [1.807, 2.05) is 6.92 Å². The topological polar surface area (TPSA) is 69.6 Å². The van der Waals surface area contributed by atoms with Crippen LogP contribution in [0, 0.1) is 5.92 Å². The number of phenolic OH excluding ortho intramolecular Hbond substituents is 1. The molecule has 2 N–H and O–H groups in total. The van der Waals surface area contributed by atoms with Gasteiger partial charge in [-0.15, -0.1) is 0 Å². The number of nitrogens with one attached hydrogen (secondary N) is 1. The summed E-state index contributed by atoms with van der Waals surface area (Å²) in [6, 6.07) is 6.41. The van der Waals surface area contributed by atoms with Gasteiger partial charge in [-0.3, -0.25) is 9.59 Å². The highest BCUT2D eigenvalue weighted by molar-refractivity contribution is 6.00. The van der Waals surface area contributed by atoms with E-state index < -0.39 is 0 Å². The quantitative estimate of drug-likeness (QED) is 0.834. The van der Waals surface area contributed by atoms with Crippen LogP contribution in [-0.2, 0) is 9.59 Å². The highest BCUT2D eigenvalue weighted by Crippen LogP contribution is 2.26. The summed E-state index contributed by atoms with van der Waals surface area (Å²) in [6.45, 7) is 2.82. The number of aromatic hydroxyl groups is 1. The molecule has 0 aliphatic carbocycles. The molecule has 0 bridgehead atoms. The lowest BCUT2D eigenvalue weighted by atomic mass is 10.1. The van der Waals surface area contributed by atoms with E-state index in [0.29, 0.717) is 18.8 Å². The highest BCUT2D eigenvalue weighted by Gasteiger charge is 2.34. The standard InChI is InChI=1S/C13H16N2O3/c1-2-14-13(18)9-7-12(17)15(8-9)10-3-5-11(16)6-4-10/h3-6,9,16H,2,7-8H2,1H3,(H,14,18)/t9-/m0/s1. The van der Waals surface area contributed by atoms with Crippen molar-refractivity contribution in [3.63, 3.8) is 0 Å².